The monoisotopic (exact) mass is 317 g/mol. The molecule has 1 aliphatic rings. The third kappa shape index (κ3) is 6.19. The van der Waals surface area contributed by atoms with E-state index >= 15 is 0 Å². The van der Waals surface area contributed by atoms with E-state index in [-0.39, 0.29) is 0 Å². The SMILES string of the molecule is CCOCCOc1ccccc1CN1CCN(CCC#N)CC1. The molecule has 0 unspecified atom stereocenters. The number of rotatable bonds is 9. The normalized spacial score (nSPS) is 16.2. The van der Waals surface area contributed by atoms with Gasteiger partial charge in [0.25, 0.3) is 0 Å². The van der Waals surface area contributed by atoms with Crippen molar-refractivity contribution in [1.29, 1.82) is 5.26 Å². The molecule has 0 aromatic heterocycles. The second-order valence-electron chi connectivity index (χ2n) is 5.68. The van der Waals surface area contributed by atoms with E-state index < -0.39 is 0 Å². The molecule has 1 heterocycles. The first-order chi connectivity index (χ1) is 11.3. The standard InChI is InChI=1S/C18H27N3O2/c1-2-22-14-15-23-18-7-4-3-6-17(18)16-21-12-10-20(11-13-21)9-5-8-19/h3-4,6-7H,2,5,9-16H2,1H3. The second kappa shape index (κ2) is 10.2. The molecule has 23 heavy (non-hydrogen) atoms. The van der Waals surface area contributed by atoms with Crippen molar-refractivity contribution in [1.82, 2.24) is 9.80 Å². The van der Waals surface area contributed by atoms with Gasteiger partial charge in [0.05, 0.1) is 12.7 Å². The first-order valence-corrected chi connectivity index (χ1v) is 8.43. The van der Waals surface area contributed by atoms with Crippen molar-refractivity contribution >= 4 is 0 Å². The predicted molar refractivity (Wildman–Crippen MR) is 90.4 cm³/mol. The topological polar surface area (TPSA) is 48.7 Å². The summed E-state index contributed by atoms with van der Waals surface area (Å²) in [6.07, 6.45) is 0.622. The van der Waals surface area contributed by atoms with Crippen LogP contribution in [0, 0.1) is 11.3 Å². The molecule has 0 atom stereocenters. The Hall–Kier alpha value is -1.61. The van der Waals surface area contributed by atoms with E-state index in [9.17, 15) is 0 Å². The van der Waals surface area contributed by atoms with Gasteiger partial charge < -0.3 is 9.47 Å². The highest BCUT2D eigenvalue weighted by molar-refractivity contribution is 5.33. The van der Waals surface area contributed by atoms with Crippen LogP contribution in [0.15, 0.2) is 24.3 Å². The summed E-state index contributed by atoms with van der Waals surface area (Å²) < 4.78 is 11.2. The van der Waals surface area contributed by atoms with Gasteiger partial charge in [0, 0.05) is 57.9 Å². The molecule has 5 heteroatoms. The van der Waals surface area contributed by atoms with Gasteiger partial charge in [0.1, 0.15) is 12.4 Å². The molecule has 0 radical (unpaired) electrons. The van der Waals surface area contributed by atoms with Gasteiger partial charge in [-0.1, -0.05) is 18.2 Å². The molecular weight excluding hydrogens is 290 g/mol. The number of nitriles is 1. The highest BCUT2D eigenvalue weighted by Gasteiger charge is 2.17. The molecule has 1 fully saturated rings. The van der Waals surface area contributed by atoms with Crippen LogP contribution in [0.5, 0.6) is 5.75 Å². The molecule has 1 aromatic carbocycles. The van der Waals surface area contributed by atoms with Crippen molar-refractivity contribution in [3.63, 3.8) is 0 Å². The molecule has 0 amide bonds. The van der Waals surface area contributed by atoms with Crippen molar-refractivity contribution in [2.45, 2.75) is 19.9 Å². The zero-order valence-electron chi connectivity index (χ0n) is 14.0. The number of nitrogens with zero attached hydrogens (tertiary/aromatic N) is 3. The lowest BCUT2D eigenvalue weighted by molar-refractivity contribution is 0.107. The summed E-state index contributed by atoms with van der Waals surface area (Å²) in [4.78, 5) is 4.82. The molecule has 0 saturated carbocycles. The number of benzene rings is 1. The molecule has 1 saturated heterocycles. The van der Waals surface area contributed by atoms with E-state index in [2.05, 4.69) is 28.0 Å². The summed E-state index contributed by atoms with van der Waals surface area (Å²) in [5.41, 5.74) is 1.23. The molecule has 0 N–H and O–H groups in total. The fourth-order valence-electron chi connectivity index (χ4n) is 2.75. The van der Waals surface area contributed by atoms with Gasteiger partial charge in [0.15, 0.2) is 0 Å². The summed E-state index contributed by atoms with van der Waals surface area (Å²) in [6.45, 7) is 9.89. The Bertz CT molecular complexity index is 493. The third-order valence-corrected chi connectivity index (χ3v) is 4.06. The molecule has 5 nitrogen and oxygen atoms in total. The number of hydrogen-bond acceptors (Lipinski definition) is 5. The third-order valence-electron chi connectivity index (χ3n) is 4.06. The van der Waals surface area contributed by atoms with Crippen LogP contribution in [0.25, 0.3) is 0 Å². The van der Waals surface area contributed by atoms with Crippen LogP contribution >= 0.6 is 0 Å². The van der Waals surface area contributed by atoms with Gasteiger partial charge in [-0.2, -0.15) is 5.26 Å². The minimum atomic E-state index is 0.590. The zero-order valence-corrected chi connectivity index (χ0v) is 14.0. The lowest BCUT2D eigenvalue weighted by Gasteiger charge is -2.34. The van der Waals surface area contributed by atoms with Crippen molar-refractivity contribution in [2.24, 2.45) is 0 Å². The van der Waals surface area contributed by atoms with Crippen LogP contribution in [0.3, 0.4) is 0 Å². The van der Waals surface area contributed by atoms with E-state index in [0.29, 0.717) is 19.6 Å². The van der Waals surface area contributed by atoms with E-state index in [0.717, 1.165) is 51.6 Å². The van der Waals surface area contributed by atoms with Crippen molar-refractivity contribution in [2.75, 3.05) is 52.5 Å². The Morgan fingerprint density at radius 1 is 1.09 bits per heavy atom. The molecule has 1 aromatic rings. The van der Waals surface area contributed by atoms with Crippen LogP contribution in [-0.2, 0) is 11.3 Å². The fourth-order valence-corrected chi connectivity index (χ4v) is 2.75. The molecule has 0 spiro atoms. The maximum Gasteiger partial charge on any atom is 0.123 e. The lowest BCUT2D eigenvalue weighted by Crippen LogP contribution is -2.46. The quantitative estimate of drug-likeness (QED) is 0.653. The summed E-state index contributed by atoms with van der Waals surface area (Å²) in [7, 11) is 0. The zero-order chi connectivity index (χ0) is 16.3. The molecular formula is C18H27N3O2. The van der Waals surface area contributed by atoms with Crippen LogP contribution in [0.4, 0.5) is 0 Å². The van der Waals surface area contributed by atoms with Crippen LogP contribution in [0.1, 0.15) is 18.9 Å². The Balaban J connectivity index is 1.80. The minimum absolute atomic E-state index is 0.590. The Labute approximate surface area is 139 Å². The first-order valence-electron chi connectivity index (χ1n) is 8.43. The average Bonchev–Trinajstić information content (AvgIpc) is 2.59. The molecule has 126 valence electrons. The first kappa shape index (κ1) is 17.7. The van der Waals surface area contributed by atoms with Crippen molar-refractivity contribution < 1.29 is 9.47 Å². The van der Waals surface area contributed by atoms with Crippen LogP contribution in [0.2, 0.25) is 0 Å². The van der Waals surface area contributed by atoms with Gasteiger partial charge >= 0.3 is 0 Å². The number of ether oxygens (including phenoxy) is 2. The molecule has 0 bridgehead atoms. The minimum Gasteiger partial charge on any atom is -0.491 e. The Morgan fingerprint density at radius 3 is 2.57 bits per heavy atom. The number of piperazine rings is 1. The Morgan fingerprint density at radius 2 is 1.83 bits per heavy atom. The Kier molecular flexibility index (Phi) is 7.88. The maximum absolute atomic E-state index is 8.67. The molecule has 1 aliphatic heterocycles. The van der Waals surface area contributed by atoms with E-state index in [1.54, 1.807) is 0 Å². The molecule has 2 rings (SSSR count). The van der Waals surface area contributed by atoms with Gasteiger partial charge in [-0.15, -0.1) is 0 Å². The summed E-state index contributed by atoms with van der Waals surface area (Å²) in [5, 5.41) is 8.67. The van der Waals surface area contributed by atoms with Gasteiger partial charge in [-0.25, -0.2) is 0 Å². The second-order valence-corrected chi connectivity index (χ2v) is 5.68. The number of hydrogen-bond donors (Lipinski definition) is 0. The summed E-state index contributed by atoms with van der Waals surface area (Å²) >= 11 is 0. The van der Waals surface area contributed by atoms with E-state index in [1.165, 1.54) is 5.56 Å². The maximum atomic E-state index is 8.67. The highest BCUT2D eigenvalue weighted by atomic mass is 16.5. The smallest absolute Gasteiger partial charge is 0.123 e. The van der Waals surface area contributed by atoms with Crippen LogP contribution < -0.4 is 4.74 Å². The van der Waals surface area contributed by atoms with Gasteiger partial charge in [-0.05, 0) is 13.0 Å². The van der Waals surface area contributed by atoms with Crippen molar-refractivity contribution in [3.05, 3.63) is 29.8 Å². The number of para-hydroxylation sites is 1. The summed E-state index contributed by atoms with van der Waals surface area (Å²) in [6, 6.07) is 10.5. The van der Waals surface area contributed by atoms with E-state index in [4.69, 9.17) is 14.7 Å². The summed E-state index contributed by atoms with van der Waals surface area (Å²) in [5.74, 6) is 0.958. The van der Waals surface area contributed by atoms with Crippen LogP contribution in [-0.4, -0.2) is 62.3 Å². The predicted octanol–water partition coefficient (Wildman–Crippen LogP) is 2.13. The van der Waals surface area contributed by atoms with Crippen molar-refractivity contribution in [3.8, 4) is 11.8 Å². The average molecular weight is 317 g/mol. The van der Waals surface area contributed by atoms with E-state index in [1.807, 2.05) is 19.1 Å². The largest absolute Gasteiger partial charge is 0.491 e. The van der Waals surface area contributed by atoms with Gasteiger partial charge in [-0.3, -0.25) is 9.80 Å². The highest BCUT2D eigenvalue weighted by Crippen LogP contribution is 2.20. The lowest BCUT2D eigenvalue weighted by atomic mass is 10.1. The fraction of sp³-hybridized carbons (Fsp3) is 0.611. The molecule has 0 aliphatic carbocycles. The van der Waals surface area contributed by atoms with Gasteiger partial charge in [0.2, 0.25) is 0 Å².